The van der Waals surface area contributed by atoms with Crippen LogP contribution in [0.5, 0.6) is 11.5 Å². The molecule has 1 saturated heterocycles. The van der Waals surface area contributed by atoms with Crippen LogP contribution in [0.3, 0.4) is 0 Å². The normalized spacial score (nSPS) is 17.1. The molecule has 0 unspecified atom stereocenters. The molecule has 5 nitrogen and oxygen atoms in total. The Balaban J connectivity index is 1.76. The number of ether oxygens (including phenoxy) is 2. The molecule has 0 saturated carbocycles. The third-order valence-electron chi connectivity index (χ3n) is 4.25. The van der Waals surface area contributed by atoms with E-state index in [1.165, 1.54) is 0 Å². The summed E-state index contributed by atoms with van der Waals surface area (Å²) >= 11 is 0. The summed E-state index contributed by atoms with van der Waals surface area (Å²) in [5.41, 5.74) is 1.83. The van der Waals surface area contributed by atoms with Crippen LogP contribution in [0.4, 0.5) is 0 Å². The van der Waals surface area contributed by atoms with Crippen molar-refractivity contribution in [1.29, 1.82) is 0 Å². The van der Waals surface area contributed by atoms with Crippen LogP contribution < -0.4 is 9.47 Å². The van der Waals surface area contributed by atoms with Crippen LogP contribution in [0.15, 0.2) is 42.7 Å². The number of nitrogens with zero attached hydrogens (tertiary/aromatic N) is 2. The number of rotatable bonds is 4. The summed E-state index contributed by atoms with van der Waals surface area (Å²) in [5.74, 6) is 1.91. The Bertz CT molecular complexity index is 666. The van der Waals surface area contributed by atoms with Crippen LogP contribution in [-0.4, -0.2) is 43.1 Å². The number of aromatic nitrogens is 1. The van der Waals surface area contributed by atoms with E-state index in [1.807, 2.05) is 23.1 Å². The Morgan fingerprint density at radius 3 is 2.39 bits per heavy atom. The number of pyridine rings is 1. The van der Waals surface area contributed by atoms with E-state index in [2.05, 4.69) is 4.98 Å². The summed E-state index contributed by atoms with van der Waals surface area (Å²) in [6.07, 6.45) is 4.23. The van der Waals surface area contributed by atoms with Gasteiger partial charge < -0.3 is 14.4 Å². The molecule has 2 heterocycles. The molecule has 5 heteroatoms. The second kappa shape index (κ2) is 6.69. The van der Waals surface area contributed by atoms with Crippen molar-refractivity contribution in [1.82, 2.24) is 9.88 Å². The monoisotopic (exact) mass is 312 g/mol. The molecule has 23 heavy (non-hydrogen) atoms. The molecule has 1 aromatic carbocycles. The van der Waals surface area contributed by atoms with Crippen molar-refractivity contribution < 1.29 is 14.3 Å². The Kier molecular flexibility index (Phi) is 4.46. The Hall–Kier alpha value is -2.56. The minimum atomic E-state index is 0.0600. The zero-order valence-electron chi connectivity index (χ0n) is 13.4. The van der Waals surface area contributed by atoms with E-state index in [9.17, 15) is 4.79 Å². The number of hydrogen-bond donors (Lipinski definition) is 0. The maximum absolute atomic E-state index is 12.5. The van der Waals surface area contributed by atoms with Gasteiger partial charge in [-0.2, -0.15) is 0 Å². The average molecular weight is 312 g/mol. The highest BCUT2D eigenvalue weighted by Gasteiger charge is 2.28. The van der Waals surface area contributed by atoms with Gasteiger partial charge in [0.05, 0.1) is 14.2 Å². The van der Waals surface area contributed by atoms with Crippen molar-refractivity contribution in [3.8, 4) is 11.5 Å². The smallest absolute Gasteiger partial charge is 0.253 e. The lowest BCUT2D eigenvalue weighted by Crippen LogP contribution is -2.28. The van der Waals surface area contributed by atoms with Crippen molar-refractivity contribution >= 4 is 5.91 Å². The summed E-state index contributed by atoms with van der Waals surface area (Å²) < 4.78 is 10.7. The van der Waals surface area contributed by atoms with Crippen LogP contribution in [-0.2, 0) is 0 Å². The Labute approximate surface area is 135 Å². The van der Waals surface area contributed by atoms with Crippen LogP contribution >= 0.6 is 0 Å². The first-order chi connectivity index (χ1) is 11.2. The molecular formula is C18H20N2O3. The predicted molar refractivity (Wildman–Crippen MR) is 87.0 cm³/mol. The highest BCUT2D eigenvalue weighted by atomic mass is 16.5. The lowest BCUT2D eigenvalue weighted by Gasteiger charge is -2.17. The van der Waals surface area contributed by atoms with Gasteiger partial charge in [-0.15, -0.1) is 0 Å². The first-order valence-corrected chi connectivity index (χ1v) is 7.63. The van der Waals surface area contributed by atoms with Gasteiger partial charge in [-0.1, -0.05) is 0 Å². The highest BCUT2D eigenvalue weighted by Crippen LogP contribution is 2.33. The lowest BCUT2D eigenvalue weighted by atomic mass is 9.98. The Morgan fingerprint density at radius 2 is 1.78 bits per heavy atom. The number of amides is 1. The zero-order chi connectivity index (χ0) is 16.2. The lowest BCUT2D eigenvalue weighted by molar-refractivity contribution is 0.0790. The number of methoxy groups -OCH3 is 2. The predicted octanol–water partition coefficient (Wildman–Crippen LogP) is 2.73. The minimum absolute atomic E-state index is 0.0600. The van der Waals surface area contributed by atoms with Crippen LogP contribution in [0.2, 0.25) is 0 Å². The minimum Gasteiger partial charge on any atom is -0.497 e. The van der Waals surface area contributed by atoms with Crippen molar-refractivity contribution in [2.75, 3.05) is 27.3 Å². The fraction of sp³-hybridized carbons (Fsp3) is 0.333. The number of hydrogen-bond acceptors (Lipinski definition) is 4. The summed E-state index contributed by atoms with van der Waals surface area (Å²) in [6, 6.07) is 9.41. The average Bonchev–Trinajstić information content (AvgIpc) is 3.11. The maximum Gasteiger partial charge on any atom is 0.253 e. The molecule has 0 radical (unpaired) electrons. The second-order valence-electron chi connectivity index (χ2n) is 5.62. The van der Waals surface area contributed by atoms with Gasteiger partial charge in [0.25, 0.3) is 5.91 Å². The fourth-order valence-electron chi connectivity index (χ4n) is 2.96. The molecule has 2 aromatic rings. The van der Waals surface area contributed by atoms with Gasteiger partial charge in [0.2, 0.25) is 0 Å². The molecule has 1 fully saturated rings. The van der Waals surface area contributed by atoms with E-state index < -0.39 is 0 Å². The molecule has 1 aromatic heterocycles. The SMILES string of the molecule is COc1cc(OC)cc([C@H]2CCN(C(=O)c3ccncc3)C2)c1. The second-order valence-corrected chi connectivity index (χ2v) is 5.62. The van der Waals surface area contributed by atoms with Gasteiger partial charge in [0, 0.05) is 43.0 Å². The van der Waals surface area contributed by atoms with Crippen molar-refractivity contribution in [2.24, 2.45) is 0 Å². The largest absolute Gasteiger partial charge is 0.497 e. The summed E-state index contributed by atoms with van der Waals surface area (Å²) in [6.45, 7) is 1.46. The van der Waals surface area contributed by atoms with Gasteiger partial charge >= 0.3 is 0 Å². The molecular weight excluding hydrogens is 292 g/mol. The zero-order valence-corrected chi connectivity index (χ0v) is 13.4. The highest BCUT2D eigenvalue weighted by molar-refractivity contribution is 5.94. The van der Waals surface area contributed by atoms with Gasteiger partial charge in [0.1, 0.15) is 11.5 Å². The van der Waals surface area contributed by atoms with Gasteiger partial charge in [-0.05, 0) is 36.2 Å². The van der Waals surface area contributed by atoms with Crippen LogP contribution in [0, 0.1) is 0 Å². The van der Waals surface area contributed by atoms with Gasteiger partial charge in [-0.3, -0.25) is 9.78 Å². The van der Waals surface area contributed by atoms with Gasteiger partial charge in [0.15, 0.2) is 0 Å². The van der Waals surface area contributed by atoms with Crippen LogP contribution in [0.1, 0.15) is 28.3 Å². The number of benzene rings is 1. The van der Waals surface area contributed by atoms with Crippen molar-refractivity contribution in [2.45, 2.75) is 12.3 Å². The number of carbonyl (C=O) groups excluding carboxylic acids is 1. The third kappa shape index (κ3) is 3.28. The topological polar surface area (TPSA) is 51.7 Å². The maximum atomic E-state index is 12.5. The Morgan fingerprint density at radius 1 is 1.13 bits per heavy atom. The number of likely N-dealkylation sites (tertiary alicyclic amines) is 1. The standard InChI is InChI=1S/C18H20N2O3/c1-22-16-9-15(10-17(11-16)23-2)14-5-8-20(12-14)18(21)13-3-6-19-7-4-13/h3-4,6-7,9-11,14H,5,8,12H2,1-2H3/t14-/m0/s1. The molecule has 1 amide bonds. The van der Waals surface area contributed by atoms with E-state index in [0.717, 1.165) is 30.0 Å². The van der Waals surface area contributed by atoms with E-state index in [0.29, 0.717) is 18.0 Å². The molecule has 0 aliphatic carbocycles. The third-order valence-corrected chi connectivity index (χ3v) is 4.25. The summed E-state index contributed by atoms with van der Waals surface area (Å²) in [5, 5.41) is 0. The molecule has 1 aliphatic heterocycles. The molecule has 0 bridgehead atoms. The molecule has 0 spiro atoms. The first-order valence-electron chi connectivity index (χ1n) is 7.63. The van der Waals surface area contributed by atoms with E-state index in [1.54, 1.807) is 38.7 Å². The first kappa shape index (κ1) is 15.3. The molecule has 120 valence electrons. The quantitative estimate of drug-likeness (QED) is 0.871. The van der Waals surface area contributed by atoms with Crippen molar-refractivity contribution in [3.05, 3.63) is 53.9 Å². The van der Waals surface area contributed by atoms with E-state index in [-0.39, 0.29) is 5.91 Å². The summed E-state index contributed by atoms with van der Waals surface area (Å²) in [7, 11) is 3.29. The van der Waals surface area contributed by atoms with Crippen LogP contribution in [0.25, 0.3) is 0 Å². The van der Waals surface area contributed by atoms with E-state index >= 15 is 0 Å². The van der Waals surface area contributed by atoms with Crippen molar-refractivity contribution in [3.63, 3.8) is 0 Å². The molecule has 0 N–H and O–H groups in total. The molecule has 3 rings (SSSR count). The summed E-state index contributed by atoms with van der Waals surface area (Å²) in [4.78, 5) is 18.4. The number of carbonyl (C=O) groups is 1. The molecule has 1 aliphatic rings. The van der Waals surface area contributed by atoms with E-state index in [4.69, 9.17) is 9.47 Å². The van der Waals surface area contributed by atoms with Gasteiger partial charge in [-0.25, -0.2) is 0 Å². The fourth-order valence-corrected chi connectivity index (χ4v) is 2.96. The molecule has 1 atom stereocenters.